The van der Waals surface area contributed by atoms with Gasteiger partial charge in [0.05, 0.1) is 7.11 Å². The van der Waals surface area contributed by atoms with Crippen LogP contribution in [0.2, 0.25) is 0 Å². The highest BCUT2D eigenvalue weighted by Gasteiger charge is 2.19. The third kappa shape index (κ3) is 4.94. The van der Waals surface area contributed by atoms with Gasteiger partial charge in [0.1, 0.15) is 10.4 Å². The van der Waals surface area contributed by atoms with E-state index >= 15 is 0 Å². The van der Waals surface area contributed by atoms with Crippen molar-refractivity contribution in [2.45, 2.75) is 42.4 Å². The van der Waals surface area contributed by atoms with E-state index in [0.29, 0.717) is 0 Å². The number of hydrogen-bond acceptors (Lipinski definition) is 3. The third-order valence-electron chi connectivity index (χ3n) is 4.42. The Hall–Kier alpha value is -1.78. The van der Waals surface area contributed by atoms with Crippen LogP contribution in [0.5, 0.6) is 5.75 Å². The van der Waals surface area contributed by atoms with E-state index in [-0.39, 0.29) is 5.41 Å². The molecule has 0 aliphatic rings. The van der Waals surface area contributed by atoms with Crippen molar-refractivity contribution in [1.82, 2.24) is 4.98 Å². The Morgan fingerprint density at radius 1 is 0.963 bits per heavy atom. The molecule has 3 aromatic rings. The molecule has 0 saturated carbocycles. The Morgan fingerprint density at radius 2 is 1.67 bits per heavy atom. The number of nitrogens with zero attached hydrogens (tertiary/aromatic N) is 1. The summed E-state index contributed by atoms with van der Waals surface area (Å²) in [6.07, 6.45) is 2.68. The molecular weight excluding hydrogens is 418 g/mol. The Morgan fingerprint density at radius 3 is 2.33 bits per heavy atom. The van der Waals surface area contributed by atoms with Crippen molar-refractivity contribution in [2.75, 3.05) is 7.11 Å². The van der Waals surface area contributed by atoms with Gasteiger partial charge in [-0.1, -0.05) is 62.9 Å². The largest absolute Gasteiger partial charge is 0.497 e. The molecule has 0 aliphatic heterocycles. The van der Waals surface area contributed by atoms with Gasteiger partial charge in [-0.25, -0.2) is 4.98 Å². The fourth-order valence-electron chi connectivity index (χ4n) is 2.95. The molecule has 2 aromatic carbocycles. The zero-order valence-electron chi connectivity index (χ0n) is 16.1. The molecule has 0 spiro atoms. The fourth-order valence-corrected chi connectivity index (χ4v) is 4.84. The van der Waals surface area contributed by atoms with Gasteiger partial charge in [-0.05, 0) is 56.7 Å². The van der Waals surface area contributed by atoms with Crippen LogP contribution in [0.15, 0.2) is 75.2 Å². The first-order valence-corrected chi connectivity index (χ1v) is 10.5. The maximum atomic E-state index is 5.27. The average Bonchev–Trinajstić information content (AvgIpc) is 2.65. The van der Waals surface area contributed by atoms with Gasteiger partial charge < -0.3 is 4.74 Å². The van der Waals surface area contributed by atoms with Crippen LogP contribution < -0.4 is 4.74 Å². The van der Waals surface area contributed by atoms with Gasteiger partial charge >= 0.3 is 0 Å². The lowest BCUT2D eigenvalue weighted by atomic mass is 9.87. The molecular formula is C23H24BrNOS. The van der Waals surface area contributed by atoms with E-state index < -0.39 is 0 Å². The van der Waals surface area contributed by atoms with Gasteiger partial charge in [-0.3, -0.25) is 0 Å². The van der Waals surface area contributed by atoms with Crippen LogP contribution in [0.1, 0.15) is 37.5 Å². The standard InChI is InChI=1S/C23H24BrNOS/c1-23(2,3)19-7-5-6-8-21(19)27-20-13-14-25-22(24)18(20)15-16-9-11-17(26-4)12-10-16/h5-14H,15H2,1-4H3. The Kier molecular flexibility index (Phi) is 6.28. The van der Waals surface area contributed by atoms with Crippen LogP contribution in [0.25, 0.3) is 0 Å². The number of benzene rings is 2. The van der Waals surface area contributed by atoms with Crippen LogP contribution in [-0.2, 0) is 11.8 Å². The Bertz CT molecular complexity index is 916. The number of hydrogen-bond donors (Lipinski definition) is 0. The molecule has 0 bridgehead atoms. The van der Waals surface area contributed by atoms with E-state index in [1.54, 1.807) is 7.11 Å². The quantitative estimate of drug-likeness (QED) is 0.402. The SMILES string of the molecule is COc1ccc(Cc2c(Sc3ccccc3C(C)(C)C)ccnc2Br)cc1. The first-order chi connectivity index (χ1) is 12.9. The summed E-state index contributed by atoms with van der Waals surface area (Å²) >= 11 is 5.47. The summed E-state index contributed by atoms with van der Waals surface area (Å²) in [6, 6.07) is 19.0. The zero-order valence-corrected chi connectivity index (χ0v) is 18.5. The molecule has 0 aliphatic carbocycles. The highest BCUT2D eigenvalue weighted by molar-refractivity contribution is 9.10. The molecule has 1 heterocycles. The summed E-state index contributed by atoms with van der Waals surface area (Å²) in [4.78, 5) is 6.98. The predicted molar refractivity (Wildman–Crippen MR) is 117 cm³/mol. The average molecular weight is 442 g/mol. The second-order valence-electron chi connectivity index (χ2n) is 7.45. The lowest BCUT2D eigenvalue weighted by Gasteiger charge is -2.23. The number of pyridine rings is 1. The number of rotatable bonds is 5. The first-order valence-electron chi connectivity index (χ1n) is 8.92. The minimum atomic E-state index is 0.101. The van der Waals surface area contributed by atoms with Crippen LogP contribution in [0.4, 0.5) is 0 Å². The van der Waals surface area contributed by atoms with Crippen molar-refractivity contribution < 1.29 is 4.74 Å². The lowest BCUT2D eigenvalue weighted by molar-refractivity contribution is 0.414. The van der Waals surface area contributed by atoms with Gasteiger partial charge in [-0.2, -0.15) is 0 Å². The normalized spacial score (nSPS) is 11.4. The van der Waals surface area contributed by atoms with E-state index in [9.17, 15) is 0 Å². The number of ether oxygens (including phenoxy) is 1. The highest BCUT2D eigenvalue weighted by atomic mass is 79.9. The maximum absolute atomic E-state index is 5.27. The molecule has 3 rings (SSSR count). The lowest BCUT2D eigenvalue weighted by Crippen LogP contribution is -2.12. The van der Waals surface area contributed by atoms with Crippen LogP contribution >= 0.6 is 27.7 Å². The minimum Gasteiger partial charge on any atom is -0.497 e. The van der Waals surface area contributed by atoms with Crippen molar-refractivity contribution in [3.8, 4) is 5.75 Å². The van der Waals surface area contributed by atoms with Crippen LogP contribution in [0.3, 0.4) is 0 Å². The first kappa shape index (κ1) is 20.0. The molecule has 0 fully saturated rings. The molecule has 0 atom stereocenters. The van der Waals surface area contributed by atoms with E-state index in [1.807, 2.05) is 30.1 Å². The molecule has 140 valence electrons. The summed E-state index contributed by atoms with van der Waals surface area (Å²) in [6.45, 7) is 6.77. The predicted octanol–water partition coefficient (Wildman–Crippen LogP) is 6.89. The smallest absolute Gasteiger partial charge is 0.118 e. The minimum absolute atomic E-state index is 0.101. The zero-order chi connectivity index (χ0) is 19.4. The van der Waals surface area contributed by atoms with Crippen LogP contribution in [0, 0.1) is 0 Å². The van der Waals surface area contributed by atoms with Crippen molar-refractivity contribution in [2.24, 2.45) is 0 Å². The highest BCUT2D eigenvalue weighted by Crippen LogP contribution is 2.39. The van der Waals surface area contributed by atoms with E-state index in [1.165, 1.54) is 26.5 Å². The van der Waals surface area contributed by atoms with E-state index in [4.69, 9.17) is 4.74 Å². The summed E-state index contributed by atoms with van der Waals surface area (Å²) in [5.41, 5.74) is 3.90. The number of halogens is 1. The number of aromatic nitrogens is 1. The van der Waals surface area contributed by atoms with Gasteiger partial charge in [0.2, 0.25) is 0 Å². The Labute approximate surface area is 174 Å². The van der Waals surface area contributed by atoms with Crippen molar-refractivity contribution >= 4 is 27.7 Å². The van der Waals surface area contributed by atoms with Crippen LogP contribution in [-0.4, -0.2) is 12.1 Å². The van der Waals surface area contributed by atoms with E-state index in [2.05, 4.69) is 84.1 Å². The fraction of sp³-hybridized carbons (Fsp3) is 0.261. The second-order valence-corrected chi connectivity index (χ2v) is 9.29. The monoisotopic (exact) mass is 441 g/mol. The van der Waals surface area contributed by atoms with Crippen molar-refractivity contribution in [3.63, 3.8) is 0 Å². The van der Waals surface area contributed by atoms with Gasteiger partial charge in [-0.15, -0.1) is 0 Å². The summed E-state index contributed by atoms with van der Waals surface area (Å²) in [7, 11) is 1.69. The maximum Gasteiger partial charge on any atom is 0.118 e. The van der Waals surface area contributed by atoms with Crippen molar-refractivity contribution in [3.05, 3.63) is 82.1 Å². The Balaban J connectivity index is 1.95. The third-order valence-corrected chi connectivity index (χ3v) is 6.28. The second kappa shape index (κ2) is 8.49. The van der Waals surface area contributed by atoms with Gasteiger partial charge in [0.15, 0.2) is 0 Å². The summed E-state index contributed by atoms with van der Waals surface area (Å²) in [5, 5.41) is 0. The molecule has 0 N–H and O–H groups in total. The molecule has 27 heavy (non-hydrogen) atoms. The molecule has 1 aromatic heterocycles. The molecule has 2 nitrogen and oxygen atoms in total. The molecule has 0 radical (unpaired) electrons. The van der Waals surface area contributed by atoms with E-state index in [0.717, 1.165) is 16.8 Å². The topological polar surface area (TPSA) is 22.1 Å². The van der Waals surface area contributed by atoms with Gasteiger partial charge in [0, 0.05) is 28.0 Å². The number of methoxy groups -OCH3 is 1. The van der Waals surface area contributed by atoms with Crippen molar-refractivity contribution in [1.29, 1.82) is 0 Å². The molecule has 4 heteroatoms. The molecule has 0 unspecified atom stereocenters. The molecule has 0 saturated heterocycles. The summed E-state index contributed by atoms with van der Waals surface area (Å²) in [5.74, 6) is 0.873. The van der Waals surface area contributed by atoms with Gasteiger partial charge in [0.25, 0.3) is 0 Å². The summed E-state index contributed by atoms with van der Waals surface area (Å²) < 4.78 is 6.16. The molecule has 0 amide bonds.